The van der Waals surface area contributed by atoms with Crippen LogP contribution in [0.3, 0.4) is 0 Å². The molecule has 0 aliphatic carbocycles. The minimum absolute atomic E-state index is 0.00215. The molecule has 1 aromatic rings. The summed E-state index contributed by atoms with van der Waals surface area (Å²) in [7, 11) is -7.08. The molecule has 0 amide bonds. The Labute approximate surface area is 145 Å². The van der Waals surface area contributed by atoms with E-state index in [4.69, 9.17) is 4.74 Å². The van der Waals surface area contributed by atoms with Crippen LogP contribution in [0.4, 0.5) is 0 Å². The molecule has 1 aromatic carbocycles. The maximum absolute atomic E-state index is 12.2. The van der Waals surface area contributed by atoms with Crippen LogP contribution in [0.15, 0.2) is 29.2 Å². The maximum atomic E-state index is 12.2. The zero-order valence-electron chi connectivity index (χ0n) is 14.7. The molecule has 7 nitrogen and oxygen atoms in total. The minimum atomic E-state index is -3.70. The van der Waals surface area contributed by atoms with Crippen LogP contribution in [-0.4, -0.2) is 52.6 Å². The predicted octanol–water partition coefficient (Wildman–Crippen LogP) is 1.42. The number of rotatable bonds is 9. The third-order valence-corrected chi connectivity index (χ3v) is 6.07. The van der Waals surface area contributed by atoms with Gasteiger partial charge in [-0.2, -0.15) is 4.31 Å². The highest BCUT2D eigenvalue weighted by Crippen LogP contribution is 2.17. The number of hydrogen-bond acceptors (Lipinski definition) is 5. The van der Waals surface area contributed by atoms with Gasteiger partial charge in [0.05, 0.1) is 17.3 Å². The first kappa shape index (κ1) is 20.9. The first-order valence-electron chi connectivity index (χ1n) is 7.66. The van der Waals surface area contributed by atoms with Crippen molar-refractivity contribution in [1.29, 1.82) is 0 Å². The van der Waals surface area contributed by atoms with Gasteiger partial charge in [0.15, 0.2) is 0 Å². The van der Waals surface area contributed by atoms with Crippen LogP contribution in [-0.2, 0) is 20.0 Å². The molecule has 0 bridgehead atoms. The lowest BCUT2D eigenvalue weighted by Crippen LogP contribution is -2.41. The van der Waals surface area contributed by atoms with Gasteiger partial charge in [-0.25, -0.2) is 21.6 Å². The van der Waals surface area contributed by atoms with Gasteiger partial charge in [0, 0.05) is 19.1 Å². The van der Waals surface area contributed by atoms with Crippen molar-refractivity contribution in [3.05, 3.63) is 24.3 Å². The van der Waals surface area contributed by atoms with Gasteiger partial charge in [-0.05, 0) is 52.0 Å². The smallest absolute Gasteiger partial charge is 0.240 e. The van der Waals surface area contributed by atoms with E-state index in [2.05, 4.69) is 4.72 Å². The third-order valence-electron chi connectivity index (χ3n) is 3.13. The molecule has 0 aliphatic rings. The molecule has 0 aliphatic heterocycles. The molecule has 0 aromatic heterocycles. The van der Waals surface area contributed by atoms with Gasteiger partial charge in [-0.15, -0.1) is 0 Å². The standard InChI is InChI=1S/C15H26N2O5S2/c1-12(2)17(23(5,18)19)11-10-16-24(20,21)15-8-6-14(7-9-15)22-13(3)4/h6-9,12-13,16H,10-11H2,1-5H3. The second-order valence-corrected chi connectivity index (χ2v) is 9.71. The van der Waals surface area contributed by atoms with Crippen molar-refractivity contribution < 1.29 is 21.6 Å². The van der Waals surface area contributed by atoms with Crippen molar-refractivity contribution in [2.24, 2.45) is 0 Å². The first-order valence-corrected chi connectivity index (χ1v) is 11.0. The summed E-state index contributed by atoms with van der Waals surface area (Å²) in [5.41, 5.74) is 0. The fourth-order valence-corrected chi connectivity index (χ4v) is 4.36. The van der Waals surface area contributed by atoms with Crippen LogP contribution in [0.25, 0.3) is 0 Å². The van der Waals surface area contributed by atoms with Crippen molar-refractivity contribution in [2.75, 3.05) is 19.3 Å². The Morgan fingerprint density at radius 3 is 2.00 bits per heavy atom. The number of nitrogens with zero attached hydrogens (tertiary/aromatic N) is 1. The Kier molecular flexibility index (Phi) is 7.21. The van der Waals surface area contributed by atoms with Gasteiger partial charge in [-0.3, -0.25) is 0 Å². The largest absolute Gasteiger partial charge is 0.491 e. The van der Waals surface area contributed by atoms with Crippen LogP contribution < -0.4 is 9.46 Å². The fraction of sp³-hybridized carbons (Fsp3) is 0.600. The molecule has 0 heterocycles. The molecule has 0 spiro atoms. The molecule has 9 heteroatoms. The van der Waals surface area contributed by atoms with Crippen LogP contribution in [0, 0.1) is 0 Å². The highest BCUT2D eigenvalue weighted by Gasteiger charge is 2.21. The Hall–Kier alpha value is -1.16. The molecule has 1 rings (SSSR count). The third kappa shape index (κ3) is 6.39. The van der Waals surface area contributed by atoms with Gasteiger partial charge in [-0.1, -0.05) is 0 Å². The molecule has 0 atom stereocenters. The van der Waals surface area contributed by atoms with Crippen LogP contribution in [0.5, 0.6) is 5.75 Å². The highest BCUT2D eigenvalue weighted by molar-refractivity contribution is 7.89. The van der Waals surface area contributed by atoms with E-state index in [0.717, 1.165) is 6.26 Å². The van der Waals surface area contributed by atoms with Crippen molar-refractivity contribution in [2.45, 2.75) is 44.7 Å². The van der Waals surface area contributed by atoms with E-state index in [1.54, 1.807) is 26.0 Å². The van der Waals surface area contributed by atoms with Crippen LogP contribution in [0.1, 0.15) is 27.7 Å². The summed E-state index contributed by atoms with van der Waals surface area (Å²) in [4.78, 5) is 0.106. The van der Waals surface area contributed by atoms with E-state index >= 15 is 0 Å². The second-order valence-electron chi connectivity index (χ2n) is 6.00. The lowest BCUT2D eigenvalue weighted by atomic mass is 10.3. The van der Waals surface area contributed by atoms with E-state index in [9.17, 15) is 16.8 Å². The first-order chi connectivity index (χ1) is 10.9. The lowest BCUT2D eigenvalue weighted by Gasteiger charge is -2.23. The van der Waals surface area contributed by atoms with Crippen molar-refractivity contribution in [3.63, 3.8) is 0 Å². The number of benzene rings is 1. The number of ether oxygens (including phenoxy) is 1. The molecule has 0 saturated heterocycles. The Morgan fingerprint density at radius 2 is 1.58 bits per heavy atom. The molecule has 0 radical (unpaired) electrons. The number of hydrogen-bond donors (Lipinski definition) is 1. The van der Waals surface area contributed by atoms with Gasteiger partial charge in [0.2, 0.25) is 20.0 Å². The van der Waals surface area contributed by atoms with E-state index in [1.165, 1.54) is 16.4 Å². The van der Waals surface area contributed by atoms with Crippen molar-refractivity contribution in [1.82, 2.24) is 9.03 Å². The van der Waals surface area contributed by atoms with Gasteiger partial charge < -0.3 is 4.74 Å². The normalized spacial score (nSPS) is 13.0. The van der Waals surface area contributed by atoms with Gasteiger partial charge in [0.25, 0.3) is 0 Å². The average Bonchev–Trinajstić information content (AvgIpc) is 2.41. The van der Waals surface area contributed by atoms with Crippen molar-refractivity contribution >= 4 is 20.0 Å². The predicted molar refractivity (Wildman–Crippen MR) is 94.1 cm³/mol. The van der Waals surface area contributed by atoms with Crippen LogP contribution in [0.2, 0.25) is 0 Å². The molecular weight excluding hydrogens is 352 g/mol. The molecule has 0 fully saturated rings. The highest BCUT2D eigenvalue weighted by atomic mass is 32.2. The molecular formula is C15H26N2O5S2. The summed E-state index contributed by atoms with van der Waals surface area (Å²) in [6.45, 7) is 7.32. The van der Waals surface area contributed by atoms with E-state index in [0.29, 0.717) is 5.75 Å². The van der Waals surface area contributed by atoms with E-state index < -0.39 is 20.0 Å². The molecule has 1 N–H and O–H groups in total. The summed E-state index contributed by atoms with van der Waals surface area (Å²) in [5.74, 6) is 0.590. The fourth-order valence-electron chi connectivity index (χ4n) is 2.15. The topological polar surface area (TPSA) is 92.8 Å². The van der Waals surface area contributed by atoms with Gasteiger partial charge >= 0.3 is 0 Å². The zero-order chi connectivity index (χ0) is 18.5. The SMILES string of the molecule is CC(C)Oc1ccc(S(=O)(=O)NCCN(C(C)C)S(C)(=O)=O)cc1. The molecule has 24 heavy (non-hydrogen) atoms. The van der Waals surface area contributed by atoms with E-state index in [-0.39, 0.29) is 30.1 Å². The molecule has 0 saturated carbocycles. The average molecular weight is 379 g/mol. The van der Waals surface area contributed by atoms with Gasteiger partial charge in [0.1, 0.15) is 5.75 Å². The molecule has 0 unspecified atom stereocenters. The summed E-state index contributed by atoms with van der Waals surface area (Å²) in [6.07, 6.45) is 1.11. The zero-order valence-corrected chi connectivity index (χ0v) is 16.3. The second kappa shape index (κ2) is 8.28. The number of sulfonamides is 2. The summed E-state index contributed by atoms with van der Waals surface area (Å²) in [6, 6.07) is 5.85. The summed E-state index contributed by atoms with van der Waals surface area (Å²) < 4.78 is 56.9. The lowest BCUT2D eigenvalue weighted by molar-refractivity contribution is 0.242. The Morgan fingerprint density at radius 1 is 1.04 bits per heavy atom. The quantitative estimate of drug-likeness (QED) is 0.701. The Balaban J connectivity index is 2.73. The maximum Gasteiger partial charge on any atom is 0.240 e. The number of nitrogens with one attached hydrogen (secondary N) is 1. The summed E-state index contributed by atoms with van der Waals surface area (Å²) >= 11 is 0. The molecule has 138 valence electrons. The van der Waals surface area contributed by atoms with Crippen molar-refractivity contribution in [3.8, 4) is 5.75 Å². The summed E-state index contributed by atoms with van der Waals surface area (Å²) in [5, 5.41) is 0. The Bertz CT molecular complexity index is 726. The monoisotopic (exact) mass is 378 g/mol. The van der Waals surface area contributed by atoms with Crippen LogP contribution >= 0.6 is 0 Å². The minimum Gasteiger partial charge on any atom is -0.491 e. The van der Waals surface area contributed by atoms with E-state index in [1.807, 2.05) is 13.8 Å².